The van der Waals surface area contributed by atoms with Crippen molar-refractivity contribution in [2.45, 2.75) is 0 Å². The Bertz CT molecular complexity index is 863. The first kappa shape index (κ1) is 14.7. The van der Waals surface area contributed by atoms with Crippen LogP contribution in [-0.4, -0.2) is 0 Å². The molecule has 3 aromatic rings. The van der Waals surface area contributed by atoms with Gasteiger partial charge in [0.15, 0.2) is 0 Å². The summed E-state index contributed by atoms with van der Waals surface area (Å²) in [6.07, 6.45) is 0. The van der Waals surface area contributed by atoms with E-state index in [1.807, 2.05) is 66.7 Å². The molecule has 0 fully saturated rings. The first-order valence-electron chi connectivity index (χ1n) is 7.30. The summed E-state index contributed by atoms with van der Waals surface area (Å²) < 4.78 is 0. The van der Waals surface area contributed by atoms with Gasteiger partial charge in [0, 0.05) is 17.1 Å². The molecule has 0 atom stereocenters. The van der Waals surface area contributed by atoms with E-state index in [9.17, 15) is 4.79 Å². The molecule has 0 saturated heterocycles. The minimum atomic E-state index is -0.0924. The molecule has 3 aromatic carbocycles. The fraction of sp³-hybridized carbons (Fsp3) is 0. The van der Waals surface area contributed by atoms with Gasteiger partial charge in [0.05, 0.1) is 5.69 Å². The van der Waals surface area contributed by atoms with Crippen LogP contribution in [0.15, 0.2) is 83.7 Å². The summed E-state index contributed by atoms with van der Waals surface area (Å²) in [5, 5.41) is 6.44. The van der Waals surface area contributed by atoms with Crippen molar-refractivity contribution in [2.75, 3.05) is 16.4 Å². The maximum Gasteiger partial charge on any atom is 0.204 e. The van der Waals surface area contributed by atoms with Crippen LogP contribution in [0.3, 0.4) is 0 Å². The largest absolute Gasteiger partial charge is 0.399 e. The van der Waals surface area contributed by atoms with Gasteiger partial charge in [-0.3, -0.25) is 4.79 Å². The Morgan fingerprint density at radius 1 is 0.696 bits per heavy atom. The van der Waals surface area contributed by atoms with Crippen LogP contribution in [0.1, 0.15) is 0 Å². The molecule has 4 N–H and O–H groups in total. The number of hydrogen-bond donors (Lipinski definition) is 3. The van der Waals surface area contributed by atoms with Crippen LogP contribution in [0.25, 0.3) is 0 Å². The minimum absolute atomic E-state index is 0.0924. The van der Waals surface area contributed by atoms with Crippen LogP contribution in [0.5, 0.6) is 0 Å². The average Bonchev–Trinajstić information content (AvgIpc) is 2.72. The zero-order chi connectivity index (χ0) is 16.1. The van der Waals surface area contributed by atoms with Crippen molar-refractivity contribution in [1.82, 2.24) is 0 Å². The van der Waals surface area contributed by atoms with Crippen molar-refractivity contribution >= 4 is 28.4 Å². The second kappa shape index (κ2) is 6.66. The summed E-state index contributed by atoms with van der Waals surface area (Å²) in [5.41, 5.74) is 9.24. The standard InChI is InChI=1S/C19H17N3O/c20-14-7-6-10-16(13-14)21-17-11-4-5-12-18(23)19(17)22-15-8-2-1-3-9-15/h1-13H,20H2,(H2,21,22,23). The molecule has 0 unspecified atom stereocenters. The van der Waals surface area contributed by atoms with E-state index in [2.05, 4.69) is 10.6 Å². The lowest BCUT2D eigenvalue weighted by Crippen LogP contribution is -2.07. The molecule has 114 valence electrons. The lowest BCUT2D eigenvalue weighted by atomic mass is 10.2. The van der Waals surface area contributed by atoms with Gasteiger partial charge < -0.3 is 16.4 Å². The highest BCUT2D eigenvalue weighted by Gasteiger charge is 2.06. The Hall–Kier alpha value is -3.27. The van der Waals surface area contributed by atoms with E-state index >= 15 is 0 Å². The normalized spacial score (nSPS) is 10.1. The highest BCUT2D eigenvalue weighted by Crippen LogP contribution is 2.25. The second-order valence-electron chi connectivity index (χ2n) is 5.11. The van der Waals surface area contributed by atoms with Crippen LogP contribution in [0.4, 0.5) is 28.4 Å². The molecule has 0 aliphatic rings. The second-order valence-corrected chi connectivity index (χ2v) is 5.11. The van der Waals surface area contributed by atoms with Crippen molar-refractivity contribution in [3.05, 3.63) is 89.1 Å². The fourth-order valence-corrected chi connectivity index (χ4v) is 2.26. The summed E-state index contributed by atoms with van der Waals surface area (Å²) >= 11 is 0. The molecule has 23 heavy (non-hydrogen) atoms. The van der Waals surface area contributed by atoms with Gasteiger partial charge in [-0.25, -0.2) is 0 Å². The highest BCUT2D eigenvalue weighted by molar-refractivity contribution is 5.78. The van der Waals surface area contributed by atoms with Gasteiger partial charge in [-0.2, -0.15) is 0 Å². The molecule has 4 heteroatoms. The topological polar surface area (TPSA) is 67.1 Å². The van der Waals surface area contributed by atoms with E-state index in [0.717, 1.165) is 11.4 Å². The minimum Gasteiger partial charge on any atom is -0.399 e. The number of hydrogen-bond acceptors (Lipinski definition) is 4. The Kier molecular flexibility index (Phi) is 4.25. The van der Waals surface area contributed by atoms with Crippen LogP contribution in [0, 0.1) is 0 Å². The molecule has 0 aliphatic heterocycles. The molecule has 0 aromatic heterocycles. The molecular weight excluding hydrogens is 286 g/mol. The third-order valence-corrected chi connectivity index (χ3v) is 3.35. The predicted molar refractivity (Wildman–Crippen MR) is 96.6 cm³/mol. The first-order chi connectivity index (χ1) is 11.2. The monoisotopic (exact) mass is 303 g/mol. The summed E-state index contributed by atoms with van der Waals surface area (Å²) in [7, 11) is 0. The lowest BCUT2D eigenvalue weighted by Gasteiger charge is -2.12. The summed E-state index contributed by atoms with van der Waals surface area (Å²) in [6.45, 7) is 0. The van der Waals surface area contributed by atoms with E-state index in [1.165, 1.54) is 6.07 Å². The van der Waals surface area contributed by atoms with Crippen LogP contribution in [-0.2, 0) is 0 Å². The third kappa shape index (κ3) is 3.68. The maximum atomic E-state index is 12.4. The van der Waals surface area contributed by atoms with Crippen molar-refractivity contribution in [1.29, 1.82) is 0 Å². The van der Waals surface area contributed by atoms with Gasteiger partial charge >= 0.3 is 0 Å². The first-order valence-corrected chi connectivity index (χ1v) is 7.30. The number of para-hydroxylation sites is 1. The van der Waals surface area contributed by atoms with E-state index < -0.39 is 0 Å². The molecule has 0 radical (unpaired) electrons. The van der Waals surface area contributed by atoms with E-state index in [0.29, 0.717) is 17.1 Å². The van der Waals surface area contributed by atoms with Gasteiger partial charge in [-0.15, -0.1) is 0 Å². The number of rotatable bonds is 4. The Morgan fingerprint density at radius 3 is 2.17 bits per heavy atom. The number of nitrogen functional groups attached to an aromatic ring is 1. The smallest absolute Gasteiger partial charge is 0.204 e. The molecule has 3 rings (SSSR count). The molecule has 0 bridgehead atoms. The third-order valence-electron chi connectivity index (χ3n) is 3.35. The fourth-order valence-electron chi connectivity index (χ4n) is 2.26. The quantitative estimate of drug-likeness (QED) is 0.634. The van der Waals surface area contributed by atoms with Crippen molar-refractivity contribution in [3.8, 4) is 0 Å². The molecule has 4 nitrogen and oxygen atoms in total. The molecule has 0 heterocycles. The molecule has 0 amide bonds. The molecule has 0 saturated carbocycles. The van der Waals surface area contributed by atoms with E-state index in [-0.39, 0.29) is 5.43 Å². The van der Waals surface area contributed by atoms with Crippen LogP contribution in [0.2, 0.25) is 0 Å². The van der Waals surface area contributed by atoms with Crippen LogP contribution < -0.4 is 21.8 Å². The molecule has 0 spiro atoms. The zero-order valence-electron chi connectivity index (χ0n) is 12.5. The highest BCUT2D eigenvalue weighted by atomic mass is 16.1. The SMILES string of the molecule is Nc1cccc(Nc2ccccc(=O)c2Nc2ccccc2)c1. The average molecular weight is 303 g/mol. The maximum absolute atomic E-state index is 12.4. The van der Waals surface area contributed by atoms with Gasteiger partial charge in [0.25, 0.3) is 0 Å². The van der Waals surface area contributed by atoms with Gasteiger partial charge in [-0.1, -0.05) is 36.4 Å². The van der Waals surface area contributed by atoms with Crippen LogP contribution >= 0.6 is 0 Å². The Balaban J connectivity index is 2.01. The van der Waals surface area contributed by atoms with Crippen molar-refractivity contribution < 1.29 is 0 Å². The Morgan fingerprint density at radius 2 is 1.39 bits per heavy atom. The zero-order valence-corrected chi connectivity index (χ0v) is 12.5. The Labute approximate surface area is 134 Å². The van der Waals surface area contributed by atoms with Gasteiger partial charge in [0.1, 0.15) is 5.69 Å². The summed E-state index contributed by atoms with van der Waals surface area (Å²) in [5.74, 6) is 0. The lowest BCUT2D eigenvalue weighted by molar-refractivity contribution is 1.49. The molecular formula is C19H17N3O. The van der Waals surface area contributed by atoms with Crippen molar-refractivity contribution in [3.63, 3.8) is 0 Å². The summed E-state index contributed by atoms with van der Waals surface area (Å²) in [4.78, 5) is 12.4. The number of anilines is 5. The van der Waals surface area contributed by atoms with E-state index in [4.69, 9.17) is 5.73 Å². The number of nitrogens with one attached hydrogen (secondary N) is 2. The summed E-state index contributed by atoms with van der Waals surface area (Å²) in [6, 6.07) is 23.9. The van der Waals surface area contributed by atoms with Crippen molar-refractivity contribution in [2.24, 2.45) is 0 Å². The number of nitrogens with two attached hydrogens (primary N) is 1. The number of benzene rings is 2. The predicted octanol–water partition coefficient (Wildman–Crippen LogP) is 4.12. The van der Waals surface area contributed by atoms with Gasteiger partial charge in [0.2, 0.25) is 5.43 Å². The van der Waals surface area contributed by atoms with Gasteiger partial charge in [-0.05, 0) is 42.5 Å². The van der Waals surface area contributed by atoms with E-state index in [1.54, 1.807) is 6.07 Å². The molecule has 0 aliphatic carbocycles.